The third kappa shape index (κ3) is 2.95. The summed E-state index contributed by atoms with van der Waals surface area (Å²) in [6.07, 6.45) is 6.14. The van der Waals surface area contributed by atoms with Gasteiger partial charge in [-0.3, -0.25) is 4.79 Å². The van der Waals surface area contributed by atoms with Crippen molar-refractivity contribution in [2.45, 2.75) is 118 Å². The number of allylic oxidation sites excluding steroid dienone is 2. The molecule has 0 aromatic heterocycles. The molecule has 5 heteroatoms. The molecule has 4 saturated carbocycles. The van der Waals surface area contributed by atoms with Gasteiger partial charge in [0, 0.05) is 11.8 Å². The van der Waals surface area contributed by atoms with Gasteiger partial charge in [0.15, 0.2) is 0 Å². The summed E-state index contributed by atoms with van der Waals surface area (Å²) in [5.74, 6) is -0.568. The average Bonchev–Trinajstić information content (AvgIpc) is 2.72. The van der Waals surface area contributed by atoms with E-state index in [0.717, 1.165) is 32.1 Å². The molecule has 4 fully saturated rings. The lowest BCUT2D eigenvalue weighted by atomic mass is 9.33. The number of hydrogen-bond donors (Lipinski definition) is 4. The van der Waals surface area contributed by atoms with E-state index in [1.165, 1.54) is 5.57 Å². The van der Waals surface area contributed by atoms with Gasteiger partial charge in [0.2, 0.25) is 0 Å². The van der Waals surface area contributed by atoms with E-state index in [9.17, 15) is 25.2 Å². The van der Waals surface area contributed by atoms with Crippen LogP contribution < -0.4 is 0 Å². The number of carboxylic acids is 1. The van der Waals surface area contributed by atoms with E-state index < -0.39 is 29.7 Å². The monoisotopic (exact) mass is 488 g/mol. The summed E-state index contributed by atoms with van der Waals surface area (Å²) in [5.41, 5.74) is -0.861. The number of rotatable bonds is 1. The summed E-state index contributed by atoms with van der Waals surface area (Å²) in [7, 11) is 0. The molecule has 5 rings (SSSR count). The highest BCUT2D eigenvalue weighted by molar-refractivity contribution is 5.77. The van der Waals surface area contributed by atoms with Crippen LogP contribution in [0.2, 0.25) is 0 Å². The zero-order chi connectivity index (χ0) is 26.0. The smallest absolute Gasteiger partial charge is 0.312 e. The highest BCUT2D eigenvalue weighted by Crippen LogP contribution is 2.75. The summed E-state index contributed by atoms with van der Waals surface area (Å²) < 4.78 is 0. The van der Waals surface area contributed by atoms with Crippen LogP contribution in [0.1, 0.15) is 99.8 Å². The first-order valence-corrected chi connectivity index (χ1v) is 14.0. The molecule has 198 valence electrons. The normalized spacial score (nSPS) is 54.4. The van der Waals surface area contributed by atoms with E-state index in [2.05, 4.69) is 54.5 Å². The molecule has 5 aliphatic rings. The Morgan fingerprint density at radius 1 is 0.857 bits per heavy atom. The predicted molar refractivity (Wildman–Crippen MR) is 135 cm³/mol. The Balaban J connectivity index is 1.65. The molecule has 5 aliphatic carbocycles. The molecule has 0 unspecified atom stereocenters. The minimum Gasteiger partial charge on any atom is -0.481 e. The van der Waals surface area contributed by atoms with Gasteiger partial charge >= 0.3 is 5.97 Å². The molecule has 0 saturated heterocycles. The fourth-order valence-electron chi connectivity index (χ4n) is 10.7. The third-order valence-corrected chi connectivity index (χ3v) is 13.2. The second-order valence-electron chi connectivity index (χ2n) is 15.2. The molecule has 0 aromatic rings. The maximum absolute atomic E-state index is 12.8. The van der Waals surface area contributed by atoms with Crippen molar-refractivity contribution in [3.05, 3.63) is 11.6 Å². The van der Waals surface area contributed by atoms with Gasteiger partial charge in [0.1, 0.15) is 5.41 Å². The molecule has 0 spiro atoms. The van der Waals surface area contributed by atoms with E-state index in [1.807, 2.05) is 0 Å². The van der Waals surface area contributed by atoms with Crippen LogP contribution >= 0.6 is 0 Å². The van der Waals surface area contributed by atoms with Crippen LogP contribution in [-0.4, -0.2) is 44.7 Å². The maximum Gasteiger partial charge on any atom is 0.312 e. The Hall–Kier alpha value is -0.910. The molecule has 0 heterocycles. The summed E-state index contributed by atoms with van der Waals surface area (Å²) in [6.45, 7) is 15.7. The maximum atomic E-state index is 12.8. The quantitative estimate of drug-likeness (QED) is 0.382. The van der Waals surface area contributed by atoms with Gasteiger partial charge in [-0.25, -0.2) is 0 Å². The highest BCUT2D eigenvalue weighted by atomic mass is 16.4. The van der Waals surface area contributed by atoms with Crippen molar-refractivity contribution in [3.8, 4) is 0 Å². The summed E-state index contributed by atoms with van der Waals surface area (Å²) in [4.78, 5) is 12.8. The number of aliphatic hydroxyl groups excluding tert-OH is 3. The Morgan fingerprint density at radius 2 is 1.51 bits per heavy atom. The number of carboxylic acid groups (broad SMARTS) is 1. The topological polar surface area (TPSA) is 98.0 Å². The van der Waals surface area contributed by atoms with Gasteiger partial charge in [-0.15, -0.1) is 0 Å². The second-order valence-corrected chi connectivity index (χ2v) is 15.2. The zero-order valence-corrected chi connectivity index (χ0v) is 22.9. The van der Waals surface area contributed by atoms with E-state index in [0.29, 0.717) is 19.3 Å². The SMILES string of the molecule is CC1(C)CC[C@]2(C(=O)O)[C@H](O)C[C@]3(C)C(=CC[C@@H]4[C@@]5(C)[C@H](O)C[C@H](O)C(C)(C)[C@@H]5CC[C@]43C)[C@@H]2C1. The van der Waals surface area contributed by atoms with Crippen molar-refractivity contribution in [1.29, 1.82) is 0 Å². The number of aliphatic carboxylic acids is 1. The lowest BCUT2D eigenvalue weighted by Crippen LogP contribution is -2.69. The lowest BCUT2D eigenvalue weighted by Gasteiger charge is -2.72. The van der Waals surface area contributed by atoms with Crippen LogP contribution in [0.15, 0.2) is 11.6 Å². The van der Waals surface area contributed by atoms with E-state index >= 15 is 0 Å². The van der Waals surface area contributed by atoms with Crippen molar-refractivity contribution in [3.63, 3.8) is 0 Å². The Bertz CT molecular complexity index is 952. The summed E-state index contributed by atoms with van der Waals surface area (Å²) in [5, 5.41) is 44.6. The van der Waals surface area contributed by atoms with Crippen molar-refractivity contribution in [2.75, 3.05) is 0 Å². The van der Waals surface area contributed by atoms with Crippen molar-refractivity contribution < 1.29 is 25.2 Å². The first kappa shape index (κ1) is 25.7. The van der Waals surface area contributed by atoms with Crippen LogP contribution in [0.25, 0.3) is 0 Å². The molecule has 5 nitrogen and oxygen atoms in total. The molecular weight excluding hydrogens is 440 g/mol. The van der Waals surface area contributed by atoms with Crippen molar-refractivity contribution in [2.24, 2.45) is 50.2 Å². The minimum absolute atomic E-state index is 0.0452. The molecule has 0 amide bonds. The van der Waals surface area contributed by atoms with Gasteiger partial charge < -0.3 is 20.4 Å². The van der Waals surface area contributed by atoms with E-state index in [1.54, 1.807) is 0 Å². The predicted octanol–water partition coefficient (Wildman–Crippen LogP) is 5.18. The first-order valence-electron chi connectivity index (χ1n) is 14.0. The third-order valence-electron chi connectivity index (χ3n) is 13.2. The molecule has 0 aromatic carbocycles. The number of aliphatic hydroxyl groups is 3. The van der Waals surface area contributed by atoms with Crippen LogP contribution in [0, 0.1) is 50.2 Å². The largest absolute Gasteiger partial charge is 0.481 e. The molecule has 4 N–H and O–H groups in total. The molecule has 0 radical (unpaired) electrons. The number of fused-ring (bicyclic) bond motifs is 7. The van der Waals surface area contributed by atoms with Crippen molar-refractivity contribution in [1.82, 2.24) is 0 Å². The average molecular weight is 489 g/mol. The summed E-state index contributed by atoms with van der Waals surface area (Å²) >= 11 is 0. The van der Waals surface area contributed by atoms with Gasteiger partial charge in [-0.2, -0.15) is 0 Å². The fourth-order valence-corrected chi connectivity index (χ4v) is 10.7. The van der Waals surface area contributed by atoms with Gasteiger partial charge in [0.25, 0.3) is 0 Å². The van der Waals surface area contributed by atoms with Gasteiger partial charge in [-0.05, 0) is 84.4 Å². The van der Waals surface area contributed by atoms with Gasteiger partial charge in [0.05, 0.1) is 18.3 Å². The van der Waals surface area contributed by atoms with E-state index in [-0.39, 0.29) is 44.8 Å². The zero-order valence-electron chi connectivity index (χ0n) is 22.9. The Morgan fingerprint density at radius 3 is 2.14 bits per heavy atom. The molecule has 10 atom stereocenters. The Kier molecular flexibility index (Phi) is 5.40. The Labute approximate surface area is 211 Å². The summed E-state index contributed by atoms with van der Waals surface area (Å²) in [6, 6.07) is 0. The molecule has 0 aliphatic heterocycles. The van der Waals surface area contributed by atoms with Gasteiger partial charge in [-0.1, -0.05) is 60.1 Å². The number of carbonyl (C=O) groups is 1. The van der Waals surface area contributed by atoms with Crippen LogP contribution in [-0.2, 0) is 4.79 Å². The first-order chi connectivity index (χ1) is 16.0. The standard InChI is InChI=1S/C30H48O5/c1-25(2)12-13-30(24(34)35)18(15-25)17-8-9-20-27(5,28(17,6)16-23(30)33)11-10-19-26(3,4)21(31)14-22(32)29(19,20)7/h8,18-23,31-33H,9-16H2,1-7H3,(H,34,35)/t18-,19-,20-,21-,22+,23+,27+,28+,29-,30+/m0/s1. The van der Waals surface area contributed by atoms with Crippen molar-refractivity contribution >= 4 is 5.97 Å². The molecular formula is C30H48O5. The van der Waals surface area contributed by atoms with E-state index in [4.69, 9.17) is 0 Å². The lowest BCUT2D eigenvalue weighted by molar-refractivity contribution is -0.249. The van der Waals surface area contributed by atoms with Crippen LogP contribution in [0.3, 0.4) is 0 Å². The minimum atomic E-state index is -1.10. The van der Waals surface area contributed by atoms with Crippen LogP contribution in [0.4, 0.5) is 0 Å². The highest BCUT2D eigenvalue weighted by Gasteiger charge is 2.72. The number of hydrogen-bond acceptors (Lipinski definition) is 4. The fraction of sp³-hybridized carbons (Fsp3) is 0.900. The second kappa shape index (κ2) is 7.35. The molecule has 0 bridgehead atoms. The van der Waals surface area contributed by atoms with Crippen LogP contribution in [0.5, 0.6) is 0 Å². The molecule has 35 heavy (non-hydrogen) atoms.